The van der Waals surface area contributed by atoms with Crippen molar-refractivity contribution in [2.24, 2.45) is 5.84 Å². The molecular formula is C11H10BrN5O3. The second-order valence-electron chi connectivity index (χ2n) is 3.75. The topological polar surface area (TPSA) is 116 Å². The normalized spacial score (nSPS) is 10.2. The molecule has 0 unspecified atom stereocenters. The van der Waals surface area contributed by atoms with Crippen LogP contribution in [0.1, 0.15) is 5.69 Å². The van der Waals surface area contributed by atoms with Gasteiger partial charge in [-0.3, -0.25) is 15.5 Å². The molecule has 0 saturated heterocycles. The summed E-state index contributed by atoms with van der Waals surface area (Å²) in [4.78, 5) is 18.2. The van der Waals surface area contributed by atoms with Gasteiger partial charge in [-0.2, -0.15) is 4.98 Å². The molecule has 1 heterocycles. The van der Waals surface area contributed by atoms with Crippen molar-refractivity contribution >= 4 is 27.6 Å². The molecular weight excluding hydrogens is 330 g/mol. The average Bonchev–Trinajstić information content (AvgIpc) is 2.37. The summed E-state index contributed by atoms with van der Waals surface area (Å²) >= 11 is 3.29. The molecule has 0 saturated carbocycles. The van der Waals surface area contributed by atoms with E-state index in [1.807, 2.05) is 0 Å². The predicted molar refractivity (Wildman–Crippen MR) is 75.4 cm³/mol. The smallest absolute Gasteiger partial charge is 0.352 e. The van der Waals surface area contributed by atoms with Crippen LogP contribution in [0.2, 0.25) is 0 Å². The second-order valence-corrected chi connectivity index (χ2v) is 4.66. The molecule has 1 aromatic carbocycles. The Morgan fingerprint density at radius 3 is 2.80 bits per heavy atom. The minimum absolute atomic E-state index is 0.0399. The Morgan fingerprint density at radius 2 is 2.20 bits per heavy atom. The van der Waals surface area contributed by atoms with E-state index >= 15 is 0 Å². The van der Waals surface area contributed by atoms with E-state index in [4.69, 9.17) is 10.6 Å². The van der Waals surface area contributed by atoms with Crippen molar-refractivity contribution in [3.05, 3.63) is 44.5 Å². The molecule has 0 atom stereocenters. The summed E-state index contributed by atoms with van der Waals surface area (Å²) in [6, 6.07) is 6.86. The van der Waals surface area contributed by atoms with Crippen LogP contribution in [-0.4, -0.2) is 14.9 Å². The van der Waals surface area contributed by atoms with Gasteiger partial charge < -0.3 is 4.74 Å². The zero-order valence-corrected chi connectivity index (χ0v) is 11.9. The third kappa shape index (κ3) is 3.00. The number of nitrogens with two attached hydrogens (primary N) is 1. The Labute approximate surface area is 122 Å². The Balaban J connectivity index is 2.48. The zero-order chi connectivity index (χ0) is 14.7. The number of hydrazine groups is 1. The summed E-state index contributed by atoms with van der Waals surface area (Å²) in [5, 5.41) is 11.1. The highest BCUT2D eigenvalue weighted by molar-refractivity contribution is 9.10. The van der Waals surface area contributed by atoms with Crippen molar-refractivity contribution in [3.8, 4) is 11.6 Å². The van der Waals surface area contributed by atoms with E-state index in [0.717, 1.165) is 4.47 Å². The number of ether oxygens (including phenoxy) is 1. The molecule has 0 fully saturated rings. The highest BCUT2D eigenvalue weighted by atomic mass is 79.9. The summed E-state index contributed by atoms with van der Waals surface area (Å²) in [5.74, 6) is 5.50. The van der Waals surface area contributed by atoms with Crippen molar-refractivity contribution in [3.63, 3.8) is 0 Å². The Bertz CT molecular complexity index is 665. The number of hydrogen-bond donors (Lipinski definition) is 2. The maximum absolute atomic E-state index is 11.1. The molecule has 0 amide bonds. The number of benzene rings is 1. The van der Waals surface area contributed by atoms with E-state index in [9.17, 15) is 10.1 Å². The van der Waals surface area contributed by atoms with Crippen LogP contribution < -0.4 is 16.0 Å². The molecule has 0 bridgehead atoms. The van der Waals surface area contributed by atoms with E-state index in [1.54, 1.807) is 24.3 Å². The quantitative estimate of drug-likeness (QED) is 0.499. The van der Waals surface area contributed by atoms with Gasteiger partial charge in [0.25, 0.3) is 0 Å². The first-order chi connectivity index (χ1) is 9.51. The SMILES string of the molecule is Cc1nc(NN)nc(Oc2cccc(Br)c2)c1[N+](=O)[O-]. The van der Waals surface area contributed by atoms with Crippen LogP contribution in [0.25, 0.3) is 0 Å². The second kappa shape index (κ2) is 5.80. The van der Waals surface area contributed by atoms with Crippen molar-refractivity contribution in [2.45, 2.75) is 6.92 Å². The minimum atomic E-state index is -0.594. The summed E-state index contributed by atoms with van der Waals surface area (Å²) in [6.45, 7) is 1.48. The molecule has 20 heavy (non-hydrogen) atoms. The molecule has 1 aromatic heterocycles. The number of nitrogens with one attached hydrogen (secondary N) is 1. The first-order valence-corrected chi connectivity index (χ1v) is 6.23. The number of hydrogen-bond acceptors (Lipinski definition) is 7. The van der Waals surface area contributed by atoms with Crippen LogP contribution >= 0.6 is 15.9 Å². The standard InChI is InChI=1S/C11H10BrN5O3/c1-6-9(17(18)19)10(15-11(14-6)16-13)20-8-4-2-3-7(12)5-8/h2-5H,13H2,1H3,(H,14,15,16). The van der Waals surface area contributed by atoms with E-state index in [-0.39, 0.29) is 23.2 Å². The predicted octanol–water partition coefficient (Wildman–Crippen LogP) is 2.53. The van der Waals surface area contributed by atoms with Crippen LogP contribution in [0.15, 0.2) is 28.7 Å². The van der Waals surface area contributed by atoms with Crippen LogP contribution in [0, 0.1) is 17.0 Å². The first-order valence-electron chi connectivity index (χ1n) is 5.44. The molecule has 3 N–H and O–H groups in total. The number of aromatic nitrogens is 2. The number of nitro groups is 1. The Kier molecular flexibility index (Phi) is 4.11. The number of anilines is 1. The maximum atomic E-state index is 11.1. The Morgan fingerprint density at radius 1 is 1.45 bits per heavy atom. The van der Waals surface area contributed by atoms with Gasteiger partial charge in [0.2, 0.25) is 5.95 Å². The first kappa shape index (κ1) is 14.2. The fourth-order valence-corrected chi connectivity index (χ4v) is 1.91. The van der Waals surface area contributed by atoms with Crippen LogP contribution in [0.3, 0.4) is 0 Å². The molecule has 2 aromatic rings. The third-order valence-electron chi connectivity index (χ3n) is 2.35. The van der Waals surface area contributed by atoms with Gasteiger partial charge in [0.15, 0.2) is 0 Å². The van der Waals surface area contributed by atoms with Gasteiger partial charge in [0.05, 0.1) is 4.92 Å². The highest BCUT2D eigenvalue weighted by Gasteiger charge is 2.24. The minimum Gasteiger partial charge on any atom is -0.434 e. The van der Waals surface area contributed by atoms with Crippen LogP contribution in [-0.2, 0) is 0 Å². The molecule has 0 spiro atoms. The average molecular weight is 340 g/mol. The van der Waals surface area contributed by atoms with Crippen LogP contribution in [0.4, 0.5) is 11.6 Å². The molecule has 104 valence electrons. The molecule has 0 aliphatic carbocycles. The van der Waals surface area contributed by atoms with Gasteiger partial charge in [-0.25, -0.2) is 10.8 Å². The van der Waals surface area contributed by atoms with Crippen molar-refractivity contribution in [1.82, 2.24) is 9.97 Å². The monoisotopic (exact) mass is 339 g/mol. The third-order valence-corrected chi connectivity index (χ3v) is 2.84. The van der Waals surface area contributed by atoms with Crippen molar-refractivity contribution in [1.29, 1.82) is 0 Å². The van der Waals surface area contributed by atoms with Gasteiger partial charge in [0, 0.05) is 4.47 Å². The van der Waals surface area contributed by atoms with E-state index in [2.05, 4.69) is 31.3 Å². The van der Waals surface area contributed by atoms with Gasteiger partial charge in [-0.05, 0) is 25.1 Å². The summed E-state index contributed by atoms with van der Waals surface area (Å²) in [7, 11) is 0. The number of halogens is 1. The molecule has 0 aliphatic heterocycles. The maximum Gasteiger partial charge on any atom is 0.352 e. The molecule has 0 aliphatic rings. The lowest BCUT2D eigenvalue weighted by molar-refractivity contribution is -0.386. The number of rotatable bonds is 4. The van der Waals surface area contributed by atoms with Gasteiger partial charge in [-0.15, -0.1) is 0 Å². The van der Waals surface area contributed by atoms with Gasteiger partial charge >= 0.3 is 11.6 Å². The molecule has 8 nitrogen and oxygen atoms in total. The molecule has 0 radical (unpaired) electrons. The lowest BCUT2D eigenvalue weighted by Gasteiger charge is -2.08. The van der Waals surface area contributed by atoms with Gasteiger partial charge in [-0.1, -0.05) is 22.0 Å². The zero-order valence-electron chi connectivity index (χ0n) is 10.3. The van der Waals surface area contributed by atoms with Crippen LogP contribution in [0.5, 0.6) is 11.6 Å². The lowest BCUT2D eigenvalue weighted by Crippen LogP contribution is -2.12. The lowest BCUT2D eigenvalue weighted by atomic mass is 10.3. The fraction of sp³-hybridized carbons (Fsp3) is 0.0909. The van der Waals surface area contributed by atoms with E-state index < -0.39 is 4.92 Å². The van der Waals surface area contributed by atoms with Gasteiger partial charge in [0.1, 0.15) is 11.4 Å². The number of aryl methyl sites for hydroxylation is 1. The molecule has 2 rings (SSSR count). The number of nitrogen functional groups attached to an aromatic ring is 1. The largest absolute Gasteiger partial charge is 0.434 e. The van der Waals surface area contributed by atoms with Crippen molar-refractivity contribution < 1.29 is 9.66 Å². The number of nitrogens with zero attached hydrogens (tertiary/aromatic N) is 3. The van der Waals surface area contributed by atoms with E-state index in [0.29, 0.717) is 5.75 Å². The summed E-state index contributed by atoms with van der Waals surface area (Å²) in [5.41, 5.74) is 2.09. The summed E-state index contributed by atoms with van der Waals surface area (Å²) < 4.78 is 6.23. The summed E-state index contributed by atoms with van der Waals surface area (Å²) in [6.07, 6.45) is 0. The fourth-order valence-electron chi connectivity index (χ4n) is 1.53. The Hall–Kier alpha value is -2.26. The highest BCUT2D eigenvalue weighted by Crippen LogP contribution is 2.32. The molecule has 9 heteroatoms. The van der Waals surface area contributed by atoms with Crippen molar-refractivity contribution in [2.75, 3.05) is 5.43 Å². The van der Waals surface area contributed by atoms with E-state index in [1.165, 1.54) is 6.92 Å².